The van der Waals surface area contributed by atoms with Crippen LogP contribution in [0.3, 0.4) is 0 Å². The first-order valence-corrected chi connectivity index (χ1v) is 5.56. The van der Waals surface area contributed by atoms with Crippen molar-refractivity contribution in [2.75, 3.05) is 31.7 Å². The van der Waals surface area contributed by atoms with E-state index in [0.29, 0.717) is 0 Å². The Hall–Kier alpha value is -1.09. The number of pyridine rings is 1. The van der Waals surface area contributed by atoms with Crippen molar-refractivity contribution in [3.8, 4) is 0 Å². The van der Waals surface area contributed by atoms with Gasteiger partial charge in [-0.15, -0.1) is 0 Å². The zero-order chi connectivity index (χ0) is 10.5. The molecule has 0 saturated heterocycles. The van der Waals surface area contributed by atoms with Crippen LogP contribution in [0.5, 0.6) is 0 Å². The maximum Gasteiger partial charge on any atom is 0.128 e. The van der Waals surface area contributed by atoms with Crippen LogP contribution in [-0.2, 0) is 4.74 Å². The molecule has 1 aliphatic carbocycles. The van der Waals surface area contributed by atoms with Crippen LogP contribution in [0.2, 0.25) is 0 Å². The molecule has 0 unspecified atom stereocenters. The lowest BCUT2D eigenvalue weighted by atomic mass is 10.4. The van der Waals surface area contributed by atoms with Crippen molar-refractivity contribution in [3.05, 3.63) is 24.4 Å². The van der Waals surface area contributed by atoms with Crippen LogP contribution in [0.25, 0.3) is 0 Å². The molecule has 3 nitrogen and oxygen atoms in total. The molecular weight excluding hydrogens is 188 g/mol. The minimum atomic E-state index is 0.795. The molecule has 82 valence electrons. The first-order chi connectivity index (χ1) is 7.36. The Morgan fingerprint density at radius 3 is 3.00 bits per heavy atom. The smallest absolute Gasteiger partial charge is 0.128 e. The highest BCUT2D eigenvalue weighted by molar-refractivity contribution is 5.36. The van der Waals surface area contributed by atoms with Gasteiger partial charge in [0.05, 0.1) is 6.61 Å². The second kappa shape index (κ2) is 5.12. The van der Waals surface area contributed by atoms with Gasteiger partial charge in [-0.05, 0) is 30.9 Å². The van der Waals surface area contributed by atoms with Crippen LogP contribution in [-0.4, -0.2) is 31.8 Å². The first kappa shape index (κ1) is 10.4. The normalized spacial score (nSPS) is 15.3. The van der Waals surface area contributed by atoms with Crippen LogP contribution in [0.4, 0.5) is 5.82 Å². The van der Waals surface area contributed by atoms with Gasteiger partial charge in [0.2, 0.25) is 0 Å². The van der Waals surface area contributed by atoms with Gasteiger partial charge in [-0.2, -0.15) is 0 Å². The van der Waals surface area contributed by atoms with Crippen molar-refractivity contribution in [2.45, 2.75) is 12.8 Å². The highest BCUT2D eigenvalue weighted by Gasteiger charge is 2.20. The molecule has 2 rings (SSSR count). The Labute approximate surface area is 91.1 Å². The van der Waals surface area contributed by atoms with Gasteiger partial charge in [0, 0.05) is 26.4 Å². The second-order valence-corrected chi connectivity index (χ2v) is 4.13. The van der Waals surface area contributed by atoms with E-state index in [1.807, 2.05) is 31.4 Å². The van der Waals surface area contributed by atoms with E-state index in [1.165, 1.54) is 12.8 Å². The third-order valence-electron chi connectivity index (χ3n) is 2.66. The summed E-state index contributed by atoms with van der Waals surface area (Å²) in [5.41, 5.74) is 0. The summed E-state index contributed by atoms with van der Waals surface area (Å²) < 4.78 is 5.58. The van der Waals surface area contributed by atoms with Gasteiger partial charge in [0.1, 0.15) is 5.82 Å². The lowest BCUT2D eigenvalue weighted by Gasteiger charge is -2.17. The van der Waals surface area contributed by atoms with Gasteiger partial charge in [-0.1, -0.05) is 6.07 Å². The maximum absolute atomic E-state index is 5.58. The Kier molecular flexibility index (Phi) is 3.56. The molecule has 0 aliphatic heterocycles. The van der Waals surface area contributed by atoms with Crippen LogP contribution in [0, 0.1) is 5.92 Å². The fourth-order valence-corrected chi connectivity index (χ4v) is 1.43. The predicted octanol–water partition coefficient (Wildman–Crippen LogP) is 1.94. The molecule has 15 heavy (non-hydrogen) atoms. The van der Waals surface area contributed by atoms with Crippen LogP contribution in [0.1, 0.15) is 12.8 Å². The zero-order valence-electron chi connectivity index (χ0n) is 9.22. The SMILES string of the molecule is CN(CCOCC1CC1)c1ccccn1. The summed E-state index contributed by atoms with van der Waals surface area (Å²) in [6.45, 7) is 2.64. The quantitative estimate of drug-likeness (QED) is 0.665. The molecule has 0 bridgehead atoms. The van der Waals surface area contributed by atoms with Crippen molar-refractivity contribution in [1.82, 2.24) is 4.98 Å². The van der Waals surface area contributed by atoms with Crippen LogP contribution >= 0.6 is 0 Å². The molecule has 1 saturated carbocycles. The number of aromatic nitrogens is 1. The van der Waals surface area contributed by atoms with E-state index in [4.69, 9.17) is 4.74 Å². The topological polar surface area (TPSA) is 25.4 Å². The van der Waals surface area contributed by atoms with E-state index in [2.05, 4.69) is 9.88 Å². The number of hydrogen-bond acceptors (Lipinski definition) is 3. The van der Waals surface area contributed by atoms with Crippen LogP contribution < -0.4 is 4.90 Å². The molecule has 0 radical (unpaired) electrons. The average Bonchev–Trinajstić information content (AvgIpc) is 3.09. The summed E-state index contributed by atoms with van der Waals surface area (Å²) in [6, 6.07) is 5.95. The Morgan fingerprint density at radius 1 is 1.47 bits per heavy atom. The van der Waals surface area contributed by atoms with Gasteiger partial charge >= 0.3 is 0 Å². The minimum Gasteiger partial charge on any atom is -0.379 e. The Morgan fingerprint density at radius 2 is 2.33 bits per heavy atom. The number of anilines is 1. The van der Waals surface area contributed by atoms with Gasteiger partial charge in [0.15, 0.2) is 0 Å². The lowest BCUT2D eigenvalue weighted by molar-refractivity contribution is 0.131. The summed E-state index contributed by atoms with van der Waals surface area (Å²) in [5, 5.41) is 0. The molecule has 1 heterocycles. The predicted molar refractivity (Wildman–Crippen MR) is 61.1 cm³/mol. The molecule has 0 amide bonds. The molecule has 1 aliphatic rings. The van der Waals surface area contributed by atoms with Crippen molar-refractivity contribution >= 4 is 5.82 Å². The molecule has 1 aromatic rings. The lowest BCUT2D eigenvalue weighted by Crippen LogP contribution is -2.23. The highest BCUT2D eigenvalue weighted by atomic mass is 16.5. The van der Waals surface area contributed by atoms with Gasteiger partial charge < -0.3 is 9.64 Å². The summed E-state index contributed by atoms with van der Waals surface area (Å²) in [7, 11) is 2.04. The number of rotatable bonds is 6. The molecule has 1 fully saturated rings. The molecule has 1 aromatic heterocycles. The number of likely N-dealkylation sites (N-methyl/N-ethyl adjacent to an activating group) is 1. The zero-order valence-corrected chi connectivity index (χ0v) is 9.22. The monoisotopic (exact) mass is 206 g/mol. The largest absolute Gasteiger partial charge is 0.379 e. The number of hydrogen-bond donors (Lipinski definition) is 0. The number of nitrogens with zero attached hydrogens (tertiary/aromatic N) is 2. The third-order valence-corrected chi connectivity index (χ3v) is 2.66. The van der Waals surface area contributed by atoms with E-state index in [-0.39, 0.29) is 0 Å². The van der Waals surface area contributed by atoms with E-state index in [1.54, 1.807) is 0 Å². The molecular formula is C12H18N2O. The molecule has 0 N–H and O–H groups in total. The van der Waals surface area contributed by atoms with Crippen LogP contribution in [0.15, 0.2) is 24.4 Å². The third kappa shape index (κ3) is 3.51. The van der Waals surface area contributed by atoms with Crippen molar-refractivity contribution in [2.24, 2.45) is 5.92 Å². The molecule has 0 atom stereocenters. The van der Waals surface area contributed by atoms with Crippen molar-refractivity contribution < 1.29 is 4.74 Å². The van der Waals surface area contributed by atoms with Crippen molar-refractivity contribution in [1.29, 1.82) is 0 Å². The molecule has 3 heteroatoms. The molecule has 0 aromatic carbocycles. The van der Waals surface area contributed by atoms with E-state index < -0.39 is 0 Å². The average molecular weight is 206 g/mol. The van der Waals surface area contributed by atoms with Gasteiger partial charge in [-0.25, -0.2) is 4.98 Å². The van der Waals surface area contributed by atoms with E-state index in [9.17, 15) is 0 Å². The van der Waals surface area contributed by atoms with E-state index >= 15 is 0 Å². The van der Waals surface area contributed by atoms with Gasteiger partial charge in [-0.3, -0.25) is 0 Å². The second-order valence-electron chi connectivity index (χ2n) is 4.13. The number of ether oxygens (including phenoxy) is 1. The summed E-state index contributed by atoms with van der Waals surface area (Å²) in [6.07, 6.45) is 4.53. The summed E-state index contributed by atoms with van der Waals surface area (Å²) in [4.78, 5) is 6.39. The molecule has 0 spiro atoms. The first-order valence-electron chi connectivity index (χ1n) is 5.56. The maximum atomic E-state index is 5.58. The minimum absolute atomic E-state index is 0.795. The summed E-state index contributed by atoms with van der Waals surface area (Å²) in [5.74, 6) is 1.86. The summed E-state index contributed by atoms with van der Waals surface area (Å²) >= 11 is 0. The highest BCUT2D eigenvalue weighted by Crippen LogP contribution is 2.28. The Bertz CT molecular complexity index is 285. The Balaban J connectivity index is 1.65. The van der Waals surface area contributed by atoms with Crippen molar-refractivity contribution in [3.63, 3.8) is 0 Å². The van der Waals surface area contributed by atoms with E-state index in [0.717, 1.165) is 31.5 Å². The fraction of sp³-hybridized carbons (Fsp3) is 0.583. The standard InChI is InChI=1S/C12H18N2O/c1-14(12-4-2-3-7-13-12)8-9-15-10-11-5-6-11/h2-4,7,11H,5-6,8-10H2,1H3. The fourth-order valence-electron chi connectivity index (χ4n) is 1.43. The van der Waals surface area contributed by atoms with Gasteiger partial charge in [0.25, 0.3) is 0 Å².